The molecule has 0 fully saturated rings. The zero-order chi connectivity index (χ0) is 20.9. The standard InChI is InChI=1S/C17H17Cl2NO7S/c1-25-5-6-27-16-9-14(11(17(21)22)8-15(16)26-2)20-28(23,24)10-3-4-12(18)13(19)7-10/h3-4,7-9,20H,5-6H2,1-2H3,(H,21,22). The molecule has 0 unspecified atom stereocenters. The number of hydrogen-bond donors (Lipinski definition) is 2. The van der Waals surface area contributed by atoms with Gasteiger partial charge in [-0.05, 0) is 18.2 Å². The molecule has 0 aliphatic carbocycles. The molecule has 2 aromatic rings. The van der Waals surface area contributed by atoms with E-state index in [0.717, 1.165) is 12.1 Å². The summed E-state index contributed by atoms with van der Waals surface area (Å²) in [4.78, 5) is 11.4. The van der Waals surface area contributed by atoms with E-state index in [1.165, 1.54) is 32.4 Å². The van der Waals surface area contributed by atoms with Crippen LogP contribution >= 0.6 is 23.2 Å². The summed E-state index contributed by atoms with van der Waals surface area (Å²) in [5.74, 6) is -1.07. The first kappa shape index (κ1) is 22.1. The number of nitrogens with one attached hydrogen (secondary N) is 1. The predicted molar refractivity (Wildman–Crippen MR) is 105 cm³/mol. The van der Waals surface area contributed by atoms with E-state index >= 15 is 0 Å². The van der Waals surface area contributed by atoms with E-state index in [-0.39, 0.29) is 50.9 Å². The lowest BCUT2D eigenvalue weighted by atomic mass is 10.1. The Kier molecular flexibility index (Phi) is 7.36. The Labute approximate surface area is 172 Å². The number of anilines is 1. The number of hydrogen-bond acceptors (Lipinski definition) is 6. The molecule has 0 radical (unpaired) electrons. The number of carbonyl (C=O) groups is 1. The number of carboxylic acids is 1. The largest absolute Gasteiger partial charge is 0.493 e. The van der Waals surface area contributed by atoms with E-state index in [1.807, 2.05) is 0 Å². The van der Waals surface area contributed by atoms with E-state index in [9.17, 15) is 18.3 Å². The molecule has 0 aromatic heterocycles. The molecule has 11 heteroatoms. The molecule has 0 heterocycles. The van der Waals surface area contributed by atoms with Crippen molar-refractivity contribution in [3.8, 4) is 11.5 Å². The van der Waals surface area contributed by atoms with E-state index in [0.29, 0.717) is 0 Å². The van der Waals surface area contributed by atoms with Crippen LogP contribution in [0.2, 0.25) is 10.0 Å². The number of benzene rings is 2. The summed E-state index contributed by atoms with van der Waals surface area (Å²) in [6.45, 7) is 0.423. The van der Waals surface area contributed by atoms with Gasteiger partial charge in [0.05, 0.1) is 39.9 Å². The van der Waals surface area contributed by atoms with Crippen LogP contribution in [-0.2, 0) is 14.8 Å². The van der Waals surface area contributed by atoms with E-state index in [2.05, 4.69) is 4.72 Å². The van der Waals surface area contributed by atoms with Crippen molar-refractivity contribution >= 4 is 44.9 Å². The van der Waals surface area contributed by atoms with Crippen LogP contribution in [0.25, 0.3) is 0 Å². The zero-order valence-corrected chi connectivity index (χ0v) is 17.2. The van der Waals surface area contributed by atoms with E-state index in [4.69, 9.17) is 37.4 Å². The van der Waals surface area contributed by atoms with Crippen molar-refractivity contribution in [3.63, 3.8) is 0 Å². The smallest absolute Gasteiger partial charge is 0.337 e. The molecule has 2 aromatic carbocycles. The first-order chi connectivity index (χ1) is 13.2. The van der Waals surface area contributed by atoms with Gasteiger partial charge in [-0.15, -0.1) is 0 Å². The quantitative estimate of drug-likeness (QED) is 0.563. The highest BCUT2D eigenvalue weighted by Gasteiger charge is 2.22. The second-order valence-electron chi connectivity index (χ2n) is 5.38. The van der Waals surface area contributed by atoms with Gasteiger partial charge in [0.2, 0.25) is 0 Å². The van der Waals surface area contributed by atoms with Crippen LogP contribution in [0.3, 0.4) is 0 Å². The molecule has 8 nitrogen and oxygen atoms in total. The summed E-state index contributed by atoms with van der Waals surface area (Å²) in [5.41, 5.74) is -0.522. The molecular weight excluding hydrogens is 433 g/mol. The predicted octanol–water partition coefficient (Wildman–Crippen LogP) is 3.53. The van der Waals surface area contributed by atoms with E-state index in [1.54, 1.807) is 0 Å². The van der Waals surface area contributed by atoms with Crippen molar-refractivity contribution in [2.75, 3.05) is 32.2 Å². The first-order valence-corrected chi connectivity index (χ1v) is 9.98. The topological polar surface area (TPSA) is 111 Å². The Morgan fingerprint density at radius 3 is 2.36 bits per heavy atom. The maximum absolute atomic E-state index is 12.7. The highest BCUT2D eigenvalue weighted by molar-refractivity contribution is 7.92. The lowest BCUT2D eigenvalue weighted by molar-refractivity contribution is 0.0697. The van der Waals surface area contributed by atoms with Gasteiger partial charge >= 0.3 is 5.97 Å². The lowest BCUT2D eigenvalue weighted by Crippen LogP contribution is -2.16. The number of ether oxygens (including phenoxy) is 3. The summed E-state index contributed by atoms with van der Waals surface area (Å²) in [7, 11) is -1.32. The second kappa shape index (κ2) is 9.33. The van der Waals surface area contributed by atoms with Crippen molar-refractivity contribution in [1.29, 1.82) is 0 Å². The van der Waals surface area contributed by atoms with E-state index < -0.39 is 16.0 Å². The molecule has 2 rings (SSSR count). The number of methoxy groups -OCH3 is 2. The maximum Gasteiger partial charge on any atom is 0.337 e. The van der Waals surface area contributed by atoms with Crippen LogP contribution in [0, 0.1) is 0 Å². The summed E-state index contributed by atoms with van der Waals surface area (Å²) >= 11 is 11.7. The molecule has 0 bridgehead atoms. The molecule has 0 amide bonds. The number of carboxylic acid groups (broad SMARTS) is 1. The van der Waals surface area contributed by atoms with Crippen LogP contribution < -0.4 is 14.2 Å². The fraction of sp³-hybridized carbons (Fsp3) is 0.235. The molecule has 2 N–H and O–H groups in total. The molecule has 0 saturated heterocycles. The molecule has 152 valence electrons. The Balaban J connectivity index is 2.47. The van der Waals surface area contributed by atoms with Gasteiger partial charge in [0, 0.05) is 19.2 Å². The Morgan fingerprint density at radius 1 is 1.07 bits per heavy atom. The minimum atomic E-state index is -4.15. The highest BCUT2D eigenvalue weighted by Crippen LogP contribution is 2.35. The maximum atomic E-state index is 12.7. The monoisotopic (exact) mass is 449 g/mol. The fourth-order valence-electron chi connectivity index (χ4n) is 2.18. The van der Waals surface area contributed by atoms with Gasteiger partial charge in [-0.2, -0.15) is 0 Å². The van der Waals surface area contributed by atoms with Gasteiger partial charge in [0.25, 0.3) is 10.0 Å². The van der Waals surface area contributed by atoms with Gasteiger partial charge in [-0.1, -0.05) is 23.2 Å². The lowest BCUT2D eigenvalue weighted by Gasteiger charge is -2.16. The number of rotatable bonds is 9. The Morgan fingerprint density at radius 2 is 1.79 bits per heavy atom. The molecular formula is C17H17Cl2NO7S. The molecule has 0 aliphatic rings. The van der Waals surface area contributed by atoms with Gasteiger partial charge in [0.15, 0.2) is 11.5 Å². The van der Waals surface area contributed by atoms with Crippen LogP contribution in [0.1, 0.15) is 10.4 Å². The zero-order valence-electron chi connectivity index (χ0n) is 14.9. The minimum Gasteiger partial charge on any atom is -0.493 e. The van der Waals surface area contributed by atoms with Gasteiger partial charge in [0.1, 0.15) is 6.61 Å². The normalized spacial score (nSPS) is 11.1. The third kappa shape index (κ3) is 5.20. The van der Waals surface area contributed by atoms with Gasteiger partial charge in [-0.25, -0.2) is 13.2 Å². The van der Waals surface area contributed by atoms with Gasteiger partial charge < -0.3 is 19.3 Å². The summed E-state index contributed by atoms with van der Waals surface area (Å²) in [6, 6.07) is 6.12. The number of sulfonamides is 1. The molecule has 28 heavy (non-hydrogen) atoms. The van der Waals surface area contributed by atoms with Crippen LogP contribution in [0.15, 0.2) is 35.2 Å². The second-order valence-corrected chi connectivity index (χ2v) is 7.87. The highest BCUT2D eigenvalue weighted by atomic mass is 35.5. The van der Waals surface area contributed by atoms with Gasteiger partial charge in [-0.3, -0.25) is 4.72 Å². The van der Waals surface area contributed by atoms with Crippen LogP contribution in [0.5, 0.6) is 11.5 Å². The van der Waals surface area contributed by atoms with Crippen molar-refractivity contribution in [1.82, 2.24) is 0 Å². The average Bonchev–Trinajstić information content (AvgIpc) is 2.63. The average molecular weight is 450 g/mol. The number of halogens is 2. The Bertz CT molecular complexity index is 980. The van der Waals surface area contributed by atoms with Crippen molar-refractivity contribution in [2.24, 2.45) is 0 Å². The molecule has 0 spiro atoms. The summed E-state index contributed by atoms with van der Waals surface area (Å²) in [6.07, 6.45) is 0. The summed E-state index contributed by atoms with van der Waals surface area (Å²) in [5, 5.41) is 9.68. The van der Waals surface area contributed by atoms with Crippen molar-refractivity contribution < 1.29 is 32.5 Å². The third-order valence-corrected chi connectivity index (χ3v) is 5.63. The fourth-order valence-corrected chi connectivity index (χ4v) is 3.64. The molecule has 0 saturated carbocycles. The summed E-state index contributed by atoms with van der Waals surface area (Å²) < 4.78 is 43.1. The molecule has 0 atom stereocenters. The van der Waals surface area contributed by atoms with Crippen LogP contribution in [0.4, 0.5) is 5.69 Å². The minimum absolute atomic E-state index is 0.0429. The third-order valence-electron chi connectivity index (χ3n) is 3.52. The van der Waals surface area contributed by atoms with Crippen LogP contribution in [-0.4, -0.2) is 46.9 Å². The molecule has 0 aliphatic heterocycles. The number of aromatic carboxylic acids is 1. The Hall–Kier alpha value is -2.20. The van der Waals surface area contributed by atoms with Crippen molar-refractivity contribution in [3.05, 3.63) is 45.9 Å². The van der Waals surface area contributed by atoms with Crippen molar-refractivity contribution in [2.45, 2.75) is 4.90 Å². The first-order valence-electron chi connectivity index (χ1n) is 7.74. The SMILES string of the molecule is COCCOc1cc(NS(=O)(=O)c2ccc(Cl)c(Cl)c2)c(C(=O)O)cc1OC.